The van der Waals surface area contributed by atoms with Crippen LogP contribution in [-0.4, -0.2) is 21.3 Å². The summed E-state index contributed by atoms with van der Waals surface area (Å²) < 4.78 is 15.8. The third kappa shape index (κ3) is 3.11. The Hall–Kier alpha value is -2.20. The molecule has 4 nitrogen and oxygen atoms in total. The van der Waals surface area contributed by atoms with Gasteiger partial charge in [-0.05, 0) is 47.9 Å². The van der Waals surface area contributed by atoms with Crippen molar-refractivity contribution in [3.8, 4) is 17.2 Å². The van der Waals surface area contributed by atoms with Crippen LogP contribution in [-0.2, 0) is 0 Å². The van der Waals surface area contributed by atoms with Crippen molar-refractivity contribution in [1.29, 1.82) is 0 Å². The number of hydrogen-bond donors (Lipinski definition) is 1. The van der Waals surface area contributed by atoms with Gasteiger partial charge in [0.25, 0.3) is 0 Å². The molecule has 0 aromatic heterocycles. The van der Waals surface area contributed by atoms with Crippen molar-refractivity contribution in [2.75, 3.05) is 21.3 Å². The molecule has 1 atom stereocenters. The lowest BCUT2D eigenvalue weighted by Crippen LogP contribution is -2.13. The quantitative estimate of drug-likeness (QED) is 0.918. The summed E-state index contributed by atoms with van der Waals surface area (Å²) >= 11 is 0. The van der Waals surface area contributed by atoms with Gasteiger partial charge in [0.1, 0.15) is 5.75 Å². The van der Waals surface area contributed by atoms with Crippen LogP contribution in [0.1, 0.15) is 22.7 Å². The van der Waals surface area contributed by atoms with E-state index in [4.69, 9.17) is 19.9 Å². The SMILES string of the molecule is COc1ccc(C(N)c2cc(OC)c(OC)cc2C)cc1. The van der Waals surface area contributed by atoms with Crippen LogP contribution in [0, 0.1) is 6.92 Å². The molecule has 0 radical (unpaired) electrons. The van der Waals surface area contributed by atoms with Gasteiger partial charge in [-0.2, -0.15) is 0 Å². The molecule has 0 aliphatic heterocycles. The van der Waals surface area contributed by atoms with Crippen LogP contribution in [0.15, 0.2) is 36.4 Å². The van der Waals surface area contributed by atoms with E-state index in [0.717, 1.165) is 22.4 Å². The van der Waals surface area contributed by atoms with Crippen LogP contribution >= 0.6 is 0 Å². The van der Waals surface area contributed by atoms with E-state index < -0.39 is 0 Å². The van der Waals surface area contributed by atoms with E-state index in [1.165, 1.54) is 0 Å². The molecule has 0 aliphatic carbocycles. The molecule has 0 heterocycles. The third-order valence-corrected chi connectivity index (χ3v) is 3.58. The number of ether oxygens (including phenoxy) is 3. The molecule has 2 rings (SSSR count). The van der Waals surface area contributed by atoms with Crippen molar-refractivity contribution in [1.82, 2.24) is 0 Å². The first-order valence-corrected chi connectivity index (χ1v) is 6.72. The maximum Gasteiger partial charge on any atom is 0.161 e. The highest BCUT2D eigenvalue weighted by Gasteiger charge is 2.15. The molecule has 0 fully saturated rings. The van der Waals surface area contributed by atoms with Crippen molar-refractivity contribution >= 4 is 0 Å². The molecule has 0 spiro atoms. The normalized spacial score (nSPS) is 11.9. The van der Waals surface area contributed by atoms with Gasteiger partial charge >= 0.3 is 0 Å². The smallest absolute Gasteiger partial charge is 0.161 e. The Bertz CT molecular complexity index is 608. The Labute approximate surface area is 125 Å². The predicted octanol–water partition coefficient (Wildman–Crippen LogP) is 3.07. The molecule has 1 unspecified atom stereocenters. The highest BCUT2D eigenvalue weighted by Crippen LogP contribution is 2.34. The van der Waals surface area contributed by atoms with Crippen molar-refractivity contribution in [2.24, 2.45) is 5.73 Å². The summed E-state index contributed by atoms with van der Waals surface area (Å²) in [4.78, 5) is 0. The molecule has 21 heavy (non-hydrogen) atoms. The second-order valence-electron chi connectivity index (χ2n) is 4.81. The van der Waals surface area contributed by atoms with Crippen LogP contribution in [0.5, 0.6) is 17.2 Å². The zero-order valence-electron chi connectivity index (χ0n) is 12.8. The van der Waals surface area contributed by atoms with Crippen molar-refractivity contribution in [3.05, 3.63) is 53.1 Å². The largest absolute Gasteiger partial charge is 0.497 e. The zero-order chi connectivity index (χ0) is 15.4. The van der Waals surface area contributed by atoms with E-state index >= 15 is 0 Å². The Kier molecular flexibility index (Phi) is 4.70. The summed E-state index contributed by atoms with van der Waals surface area (Å²) in [5, 5.41) is 0. The van der Waals surface area contributed by atoms with E-state index in [9.17, 15) is 0 Å². The minimum absolute atomic E-state index is 0.226. The topological polar surface area (TPSA) is 53.7 Å². The average Bonchev–Trinajstić information content (AvgIpc) is 2.54. The minimum Gasteiger partial charge on any atom is -0.497 e. The standard InChI is InChI=1S/C17H21NO3/c1-11-9-15(20-3)16(21-4)10-14(11)17(18)12-5-7-13(19-2)8-6-12/h5-10,17H,18H2,1-4H3. The Morgan fingerprint density at radius 3 is 1.95 bits per heavy atom. The molecule has 2 aromatic carbocycles. The van der Waals surface area contributed by atoms with Crippen LogP contribution in [0.2, 0.25) is 0 Å². The summed E-state index contributed by atoms with van der Waals surface area (Å²) in [5.74, 6) is 2.21. The van der Waals surface area contributed by atoms with Crippen LogP contribution < -0.4 is 19.9 Å². The lowest BCUT2D eigenvalue weighted by molar-refractivity contribution is 0.354. The summed E-state index contributed by atoms with van der Waals surface area (Å²) in [7, 11) is 4.89. The maximum atomic E-state index is 6.39. The van der Waals surface area contributed by atoms with Gasteiger partial charge in [0.15, 0.2) is 11.5 Å². The lowest BCUT2D eigenvalue weighted by Gasteiger charge is -2.18. The molecule has 0 saturated carbocycles. The summed E-state index contributed by atoms with van der Waals surface area (Å²) in [6.45, 7) is 2.01. The number of rotatable bonds is 5. The summed E-state index contributed by atoms with van der Waals surface area (Å²) in [6.07, 6.45) is 0. The van der Waals surface area contributed by atoms with Gasteiger partial charge in [-0.1, -0.05) is 12.1 Å². The molecule has 4 heteroatoms. The van der Waals surface area contributed by atoms with Crippen LogP contribution in [0.4, 0.5) is 0 Å². The Morgan fingerprint density at radius 2 is 1.43 bits per heavy atom. The second kappa shape index (κ2) is 6.50. The predicted molar refractivity (Wildman–Crippen MR) is 83.3 cm³/mol. The molecule has 112 valence electrons. The van der Waals surface area contributed by atoms with Gasteiger partial charge in [-0.15, -0.1) is 0 Å². The summed E-state index contributed by atoms with van der Waals surface area (Å²) in [5.41, 5.74) is 9.48. The van der Waals surface area contributed by atoms with E-state index in [1.54, 1.807) is 21.3 Å². The molecule has 0 bridgehead atoms. The number of methoxy groups -OCH3 is 3. The van der Waals surface area contributed by atoms with E-state index in [1.807, 2.05) is 43.3 Å². The number of aryl methyl sites for hydroxylation is 1. The number of benzene rings is 2. The minimum atomic E-state index is -0.226. The zero-order valence-corrected chi connectivity index (χ0v) is 12.8. The molecular weight excluding hydrogens is 266 g/mol. The Balaban J connectivity index is 2.39. The molecular formula is C17H21NO3. The highest BCUT2D eigenvalue weighted by molar-refractivity contribution is 5.50. The van der Waals surface area contributed by atoms with E-state index in [-0.39, 0.29) is 6.04 Å². The van der Waals surface area contributed by atoms with Crippen molar-refractivity contribution in [2.45, 2.75) is 13.0 Å². The third-order valence-electron chi connectivity index (χ3n) is 3.58. The first-order chi connectivity index (χ1) is 10.1. The second-order valence-corrected chi connectivity index (χ2v) is 4.81. The fourth-order valence-corrected chi connectivity index (χ4v) is 2.32. The number of hydrogen-bond acceptors (Lipinski definition) is 4. The van der Waals surface area contributed by atoms with Gasteiger partial charge in [0, 0.05) is 0 Å². The monoisotopic (exact) mass is 287 g/mol. The maximum absolute atomic E-state index is 6.39. The fourth-order valence-electron chi connectivity index (χ4n) is 2.32. The van der Waals surface area contributed by atoms with E-state index in [0.29, 0.717) is 11.5 Å². The number of nitrogens with two attached hydrogens (primary N) is 1. The van der Waals surface area contributed by atoms with Gasteiger partial charge < -0.3 is 19.9 Å². The van der Waals surface area contributed by atoms with Gasteiger partial charge in [0.2, 0.25) is 0 Å². The molecule has 2 N–H and O–H groups in total. The average molecular weight is 287 g/mol. The van der Waals surface area contributed by atoms with E-state index in [2.05, 4.69) is 0 Å². The first-order valence-electron chi connectivity index (χ1n) is 6.72. The van der Waals surface area contributed by atoms with Gasteiger partial charge in [0.05, 0.1) is 27.4 Å². The van der Waals surface area contributed by atoms with Gasteiger partial charge in [-0.3, -0.25) is 0 Å². The molecule has 0 aliphatic rings. The van der Waals surface area contributed by atoms with Gasteiger partial charge in [-0.25, -0.2) is 0 Å². The fraction of sp³-hybridized carbons (Fsp3) is 0.294. The lowest BCUT2D eigenvalue weighted by atomic mass is 9.95. The molecule has 0 saturated heterocycles. The molecule has 2 aromatic rings. The Morgan fingerprint density at radius 1 is 0.857 bits per heavy atom. The molecule has 0 amide bonds. The van der Waals surface area contributed by atoms with Crippen LogP contribution in [0.3, 0.4) is 0 Å². The van der Waals surface area contributed by atoms with Crippen LogP contribution in [0.25, 0.3) is 0 Å². The summed E-state index contributed by atoms with van der Waals surface area (Å²) in [6, 6.07) is 11.4. The van der Waals surface area contributed by atoms with Crippen molar-refractivity contribution in [3.63, 3.8) is 0 Å². The first kappa shape index (κ1) is 15.2. The van der Waals surface area contributed by atoms with Crippen molar-refractivity contribution < 1.29 is 14.2 Å². The highest BCUT2D eigenvalue weighted by atomic mass is 16.5.